The van der Waals surface area contributed by atoms with Crippen molar-refractivity contribution in [2.75, 3.05) is 17.7 Å². The lowest BCUT2D eigenvalue weighted by Crippen LogP contribution is -2.15. The Labute approximate surface area is 129 Å². The minimum atomic E-state index is 0.562. The molecule has 0 aromatic carbocycles. The minimum absolute atomic E-state index is 0.562. The number of anilines is 2. The Morgan fingerprint density at radius 3 is 2.85 bits per heavy atom. The number of hydrogen-bond acceptors (Lipinski definition) is 7. The van der Waals surface area contributed by atoms with Crippen LogP contribution < -0.4 is 10.6 Å². The van der Waals surface area contributed by atoms with Gasteiger partial charge in [-0.3, -0.25) is 0 Å². The zero-order chi connectivity index (χ0) is 14.1. The normalized spacial score (nSPS) is 10.9. The number of hydrogen-bond donors (Lipinski definition) is 1. The number of aryl methyl sites for hydroxylation is 1. The molecule has 0 aliphatic rings. The van der Waals surface area contributed by atoms with Gasteiger partial charge in [0, 0.05) is 19.0 Å². The van der Waals surface area contributed by atoms with E-state index in [-0.39, 0.29) is 0 Å². The van der Waals surface area contributed by atoms with Gasteiger partial charge in [-0.15, -0.1) is 11.3 Å². The number of thiophene rings is 1. The highest BCUT2D eigenvalue weighted by Gasteiger charge is 2.19. The number of rotatable bonds is 4. The van der Waals surface area contributed by atoms with E-state index in [0.29, 0.717) is 5.82 Å². The summed E-state index contributed by atoms with van der Waals surface area (Å²) in [4.78, 5) is 6.72. The van der Waals surface area contributed by atoms with Crippen molar-refractivity contribution in [2.45, 2.75) is 13.5 Å². The molecule has 0 saturated heterocycles. The molecule has 0 fully saturated rings. The molecule has 0 bridgehead atoms. The van der Waals surface area contributed by atoms with Crippen LogP contribution in [-0.4, -0.2) is 16.4 Å². The molecule has 2 N–H and O–H groups in total. The van der Waals surface area contributed by atoms with Crippen LogP contribution >= 0.6 is 34.2 Å². The fourth-order valence-corrected chi connectivity index (χ4v) is 4.05. The summed E-state index contributed by atoms with van der Waals surface area (Å²) in [7, 11) is 2.06. The van der Waals surface area contributed by atoms with Crippen molar-refractivity contribution in [3.8, 4) is 11.3 Å². The molecule has 3 heterocycles. The fraction of sp³-hybridized carbons (Fsp3) is 0.231. The van der Waals surface area contributed by atoms with E-state index in [4.69, 9.17) is 5.73 Å². The third-order valence-corrected chi connectivity index (χ3v) is 5.40. The van der Waals surface area contributed by atoms with Crippen LogP contribution in [0.4, 0.5) is 10.8 Å². The van der Waals surface area contributed by atoms with Crippen LogP contribution in [0.2, 0.25) is 0 Å². The van der Waals surface area contributed by atoms with E-state index in [2.05, 4.69) is 38.1 Å². The number of nitrogens with zero attached hydrogens (tertiary/aromatic N) is 3. The third kappa shape index (κ3) is 2.56. The predicted molar refractivity (Wildman–Crippen MR) is 88.8 cm³/mol. The zero-order valence-corrected chi connectivity index (χ0v) is 13.6. The van der Waals surface area contributed by atoms with Crippen LogP contribution in [-0.2, 0) is 6.54 Å². The maximum absolute atomic E-state index is 6.03. The van der Waals surface area contributed by atoms with Gasteiger partial charge in [0.15, 0.2) is 0 Å². The SMILES string of the molecule is Cc1nc(-c2c(N)nsc2N(C)Cc2ccsc2)cs1. The molecule has 0 unspecified atom stereocenters. The molecule has 0 aliphatic carbocycles. The highest BCUT2D eigenvalue weighted by atomic mass is 32.1. The highest BCUT2D eigenvalue weighted by Crippen LogP contribution is 2.39. The van der Waals surface area contributed by atoms with Gasteiger partial charge in [0.05, 0.1) is 16.3 Å². The summed E-state index contributed by atoms with van der Waals surface area (Å²) in [5.41, 5.74) is 9.21. The molecule has 0 aliphatic heterocycles. The Kier molecular flexibility index (Phi) is 3.73. The predicted octanol–water partition coefficient (Wildman–Crippen LogP) is 3.86. The first-order valence-corrected chi connectivity index (χ1v) is 8.64. The van der Waals surface area contributed by atoms with E-state index in [1.165, 1.54) is 17.1 Å². The van der Waals surface area contributed by atoms with Gasteiger partial charge in [0.1, 0.15) is 10.8 Å². The van der Waals surface area contributed by atoms with Gasteiger partial charge in [-0.2, -0.15) is 15.7 Å². The van der Waals surface area contributed by atoms with Gasteiger partial charge in [-0.1, -0.05) is 0 Å². The van der Waals surface area contributed by atoms with Crippen LogP contribution in [0.15, 0.2) is 22.2 Å². The Morgan fingerprint density at radius 2 is 2.20 bits per heavy atom. The molecule has 0 spiro atoms. The van der Waals surface area contributed by atoms with Crippen molar-refractivity contribution < 1.29 is 0 Å². The summed E-state index contributed by atoms with van der Waals surface area (Å²) >= 11 is 4.77. The minimum Gasteiger partial charge on any atom is -0.382 e. The van der Waals surface area contributed by atoms with Crippen LogP contribution in [0.25, 0.3) is 11.3 Å². The largest absolute Gasteiger partial charge is 0.382 e. The van der Waals surface area contributed by atoms with Crippen molar-refractivity contribution in [1.29, 1.82) is 0 Å². The topological polar surface area (TPSA) is 55.0 Å². The first kappa shape index (κ1) is 13.5. The number of aromatic nitrogens is 2. The molecular formula is C13H14N4S3. The standard InChI is InChI=1S/C13H14N4S3/c1-8-15-10(7-19-8)11-12(14)16-20-13(11)17(2)5-9-3-4-18-6-9/h3-4,6-7H,5H2,1-2H3,(H2,14,16). The highest BCUT2D eigenvalue weighted by molar-refractivity contribution is 7.11. The van der Waals surface area contributed by atoms with E-state index >= 15 is 0 Å². The first-order valence-electron chi connectivity index (χ1n) is 6.05. The monoisotopic (exact) mass is 322 g/mol. The van der Waals surface area contributed by atoms with Crippen LogP contribution in [0.1, 0.15) is 10.6 Å². The molecular weight excluding hydrogens is 308 g/mol. The lowest BCUT2D eigenvalue weighted by molar-refractivity contribution is 0.940. The molecule has 20 heavy (non-hydrogen) atoms. The Balaban J connectivity index is 1.94. The lowest BCUT2D eigenvalue weighted by Gasteiger charge is -2.17. The Bertz CT molecular complexity index is 699. The summed E-state index contributed by atoms with van der Waals surface area (Å²) < 4.78 is 4.30. The van der Waals surface area contributed by atoms with Gasteiger partial charge in [-0.25, -0.2) is 4.98 Å². The van der Waals surface area contributed by atoms with E-state index in [9.17, 15) is 0 Å². The third-order valence-electron chi connectivity index (χ3n) is 2.92. The molecule has 3 aromatic rings. The Morgan fingerprint density at radius 1 is 1.35 bits per heavy atom. The van der Waals surface area contributed by atoms with E-state index in [0.717, 1.165) is 27.8 Å². The number of thiazole rings is 1. The molecule has 7 heteroatoms. The van der Waals surface area contributed by atoms with Gasteiger partial charge in [-0.05, 0) is 40.8 Å². The molecule has 0 atom stereocenters. The average molecular weight is 322 g/mol. The maximum atomic E-state index is 6.03. The number of nitrogen functional groups attached to an aromatic ring is 1. The summed E-state index contributed by atoms with van der Waals surface area (Å²) in [5.74, 6) is 0.562. The van der Waals surface area contributed by atoms with Crippen molar-refractivity contribution in [2.24, 2.45) is 0 Å². The average Bonchev–Trinajstić information content (AvgIpc) is 3.10. The molecule has 0 saturated carbocycles. The van der Waals surface area contributed by atoms with Gasteiger partial charge in [0.2, 0.25) is 0 Å². The van der Waals surface area contributed by atoms with Crippen molar-refractivity contribution in [3.05, 3.63) is 32.8 Å². The van der Waals surface area contributed by atoms with Crippen molar-refractivity contribution in [3.63, 3.8) is 0 Å². The summed E-state index contributed by atoms with van der Waals surface area (Å²) in [6.45, 7) is 2.85. The first-order chi connectivity index (χ1) is 9.65. The molecule has 3 aromatic heterocycles. The smallest absolute Gasteiger partial charge is 0.148 e. The van der Waals surface area contributed by atoms with Crippen molar-refractivity contribution in [1.82, 2.24) is 9.36 Å². The van der Waals surface area contributed by atoms with Crippen LogP contribution in [0.5, 0.6) is 0 Å². The quantitative estimate of drug-likeness (QED) is 0.792. The second-order valence-corrected chi connectivity index (χ2v) is 7.08. The van der Waals surface area contributed by atoms with E-state index in [1.807, 2.05) is 12.3 Å². The summed E-state index contributed by atoms with van der Waals surface area (Å²) in [6, 6.07) is 2.14. The van der Waals surface area contributed by atoms with Crippen LogP contribution in [0, 0.1) is 6.92 Å². The van der Waals surface area contributed by atoms with Gasteiger partial charge < -0.3 is 10.6 Å². The summed E-state index contributed by atoms with van der Waals surface area (Å²) in [5, 5.41) is 8.40. The van der Waals surface area contributed by atoms with Gasteiger partial charge in [0.25, 0.3) is 0 Å². The Hall–Kier alpha value is -1.44. The molecule has 104 valence electrons. The molecule has 0 amide bonds. The lowest BCUT2D eigenvalue weighted by atomic mass is 10.2. The van der Waals surface area contributed by atoms with E-state index in [1.54, 1.807) is 22.7 Å². The molecule has 0 radical (unpaired) electrons. The zero-order valence-electron chi connectivity index (χ0n) is 11.2. The van der Waals surface area contributed by atoms with Gasteiger partial charge >= 0.3 is 0 Å². The second kappa shape index (κ2) is 5.51. The maximum Gasteiger partial charge on any atom is 0.148 e. The summed E-state index contributed by atoms with van der Waals surface area (Å²) in [6.07, 6.45) is 0. The molecule has 3 rings (SSSR count). The van der Waals surface area contributed by atoms with Crippen molar-refractivity contribution >= 4 is 45.0 Å². The van der Waals surface area contributed by atoms with E-state index < -0.39 is 0 Å². The second-order valence-electron chi connectivity index (χ2n) is 4.49. The number of nitrogens with two attached hydrogens (primary N) is 1. The van der Waals surface area contributed by atoms with Crippen LogP contribution in [0.3, 0.4) is 0 Å². The fourth-order valence-electron chi connectivity index (χ4n) is 2.00. The molecule has 4 nitrogen and oxygen atoms in total.